The van der Waals surface area contributed by atoms with E-state index in [1.54, 1.807) is 0 Å². The second-order valence-electron chi connectivity index (χ2n) is 1.98. The predicted molar refractivity (Wildman–Crippen MR) is 35.8 cm³/mol. The standard InChI is InChI=1S/C6H10ClN/c7-8-5-3-1-2-4-6-8/h1,3H,2,4-6H2. The Hall–Kier alpha value is -0.0100. The van der Waals surface area contributed by atoms with Crippen LogP contribution in [0.25, 0.3) is 0 Å². The van der Waals surface area contributed by atoms with Crippen LogP contribution < -0.4 is 0 Å². The van der Waals surface area contributed by atoms with E-state index in [2.05, 4.69) is 12.2 Å². The molecular formula is C6H10ClN. The highest BCUT2D eigenvalue weighted by molar-refractivity contribution is 6.13. The Bertz CT molecular complexity index is 90.5. The molecule has 0 saturated heterocycles. The van der Waals surface area contributed by atoms with Crippen LogP contribution in [0, 0.1) is 0 Å². The number of allylic oxidation sites excluding steroid dienone is 1. The molecule has 1 aliphatic heterocycles. The van der Waals surface area contributed by atoms with Gasteiger partial charge in [0.25, 0.3) is 0 Å². The first-order valence-corrected chi connectivity index (χ1v) is 3.29. The maximum absolute atomic E-state index is 5.70. The van der Waals surface area contributed by atoms with Crippen molar-refractivity contribution in [1.29, 1.82) is 0 Å². The largest absolute Gasteiger partial charge is 0.216 e. The van der Waals surface area contributed by atoms with Crippen LogP contribution in [-0.4, -0.2) is 17.5 Å². The Morgan fingerprint density at radius 3 is 3.12 bits per heavy atom. The van der Waals surface area contributed by atoms with E-state index >= 15 is 0 Å². The molecule has 0 fully saturated rings. The maximum Gasteiger partial charge on any atom is 0.0319 e. The molecule has 0 bridgehead atoms. The van der Waals surface area contributed by atoms with Crippen molar-refractivity contribution in [2.75, 3.05) is 13.1 Å². The first kappa shape index (κ1) is 6.12. The Morgan fingerprint density at radius 2 is 2.25 bits per heavy atom. The second kappa shape index (κ2) is 3.10. The molecule has 46 valence electrons. The zero-order valence-corrected chi connectivity index (χ0v) is 5.56. The zero-order valence-electron chi connectivity index (χ0n) is 4.81. The number of hydrogen-bond donors (Lipinski definition) is 0. The minimum Gasteiger partial charge on any atom is -0.216 e. The van der Waals surface area contributed by atoms with Gasteiger partial charge in [0, 0.05) is 13.1 Å². The van der Waals surface area contributed by atoms with Gasteiger partial charge in [0.05, 0.1) is 0 Å². The van der Waals surface area contributed by atoms with E-state index in [1.165, 1.54) is 12.8 Å². The van der Waals surface area contributed by atoms with E-state index in [1.807, 2.05) is 4.42 Å². The Balaban J connectivity index is 2.30. The van der Waals surface area contributed by atoms with Crippen molar-refractivity contribution in [3.63, 3.8) is 0 Å². The summed E-state index contributed by atoms with van der Waals surface area (Å²) in [4.78, 5) is 0. The topological polar surface area (TPSA) is 3.24 Å². The summed E-state index contributed by atoms with van der Waals surface area (Å²) in [6, 6.07) is 0. The molecule has 0 aromatic heterocycles. The van der Waals surface area contributed by atoms with Gasteiger partial charge in [0.1, 0.15) is 0 Å². The molecule has 0 spiro atoms. The minimum absolute atomic E-state index is 0.904. The quantitative estimate of drug-likeness (QED) is 0.358. The van der Waals surface area contributed by atoms with Gasteiger partial charge in [-0.05, 0) is 24.6 Å². The van der Waals surface area contributed by atoms with Gasteiger partial charge in [-0.1, -0.05) is 12.2 Å². The van der Waals surface area contributed by atoms with Crippen molar-refractivity contribution in [3.05, 3.63) is 12.2 Å². The van der Waals surface area contributed by atoms with Crippen molar-refractivity contribution in [2.45, 2.75) is 12.8 Å². The number of rotatable bonds is 0. The van der Waals surface area contributed by atoms with Crippen LogP contribution in [0.3, 0.4) is 0 Å². The summed E-state index contributed by atoms with van der Waals surface area (Å²) in [5.74, 6) is 0. The molecule has 0 unspecified atom stereocenters. The van der Waals surface area contributed by atoms with Gasteiger partial charge in [0.2, 0.25) is 0 Å². The third-order valence-corrected chi connectivity index (χ3v) is 1.55. The molecule has 0 N–H and O–H groups in total. The lowest BCUT2D eigenvalue weighted by molar-refractivity contribution is 0.500. The van der Waals surface area contributed by atoms with E-state index < -0.39 is 0 Å². The molecule has 0 amide bonds. The van der Waals surface area contributed by atoms with E-state index in [9.17, 15) is 0 Å². The lowest BCUT2D eigenvalue weighted by atomic mass is 10.3. The molecule has 1 heterocycles. The molecular weight excluding hydrogens is 122 g/mol. The van der Waals surface area contributed by atoms with Gasteiger partial charge >= 0.3 is 0 Å². The van der Waals surface area contributed by atoms with Crippen LogP contribution in [-0.2, 0) is 0 Å². The summed E-state index contributed by atoms with van der Waals surface area (Å²) in [6.07, 6.45) is 6.67. The van der Waals surface area contributed by atoms with Crippen LogP contribution in [0.2, 0.25) is 0 Å². The molecule has 0 aliphatic carbocycles. The van der Waals surface area contributed by atoms with Crippen LogP contribution >= 0.6 is 11.8 Å². The summed E-state index contributed by atoms with van der Waals surface area (Å²) >= 11 is 5.70. The average molecular weight is 132 g/mol. The fraction of sp³-hybridized carbons (Fsp3) is 0.667. The van der Waals surface area contributed by atoms with Crippen LogP contribution in [0.15, 0.2) is 12.2 Å². The van der Waals surface area contributed by atoms with E-state index in [4.69, 9.17) is 11.8 Å². The van der Waals surface area contributed by atoms with Crippen LogP contribution in [0.4, 0.5) is 0 Å². The first-order valence-electron chi connectivity index (χ1n) is 2.95. The molecule has 2 heteroatoms. The van der Waals surface area contributed by atoms with Gasteiger partial charge in [-0.15, -0.1) is 0 Å². The third-order valence-electron chi connectivity index (χ3n) is 1.24. The Labute approximate surface area is 55.0 Å². The lowest BCUT2D eigenvalue weighted by Crippen LogP contribution is -2.10. The summed E-state index contributed by atoms with van der Waals surface area (Å²) in [6.45, 7) is 1.93. The van der Waals surface area contributed by atoms with E-state index in [0.717, 1.165) is 13.1 Å². The number of halogens is 1. The Kier molecular flexibility index (Phi) is 2.37. The van der Waals surface area contributed by atoms with Crippen molar-refractivity contribution < 1.29 is 0 Å². The van der Waals surface area contributed by atoms with E-state index in [0.29, 0.717) is 0 Å². The third kappa shape index (κ3) is 1.85. The summed E-state index contributed by atoms with van der Waals surface area (Å²) in [5.41, 5.74) is 0. The van der Waals surface area contributed by atoms with Gasteiger partial charge in [-0.25, -0.2) is 4.42 Å². The highest BCUT2D eigenvalue weighted by Gasteiger charge is 1.98. The van der Waals surface area contributed by atoms with Crippen molar-refractivity contribution >= 4 is 11.8 Å². The molecule has 1 rings (SSSR count). The normalized spacial score (nSPS) is 23.1. The van der Waals surface area contributed by atoms with Gasteiger partial charge in [0.15, 0.2) is 0 Å². The highest BCUT2D eigenvalue weighted by Crippen LogP contribution is 2.03. The van der Waals surface area contributed by atoms with Crippen molar-refractivity contribution in [2.24, 2.45) is 0 Å². The van der Waals surface area contributed by atoms with Gasteiger partial charge in [-0.2, -0.15) is 0 Å². The van der Waals surface area contributed by atoms with Gasteiger partial charge in [-0.3, -0.25) is 0 Å². The smallest absolute Gasteiger partial charge is 0.0319 e. The van der Waals surface area contributed by atoms with E-state index in [-0.39, 0.29) is 0 Å². The number of hydrogen-bond acceptors (Lipinski definition) is 1. The molecule has 1 nitrogen and oxygen atoms in total. The molecule has 8 heavy (non-hydrogen) atoms. The average Bonchev–Trinajstić information content (AvgIpc) is 1.94. The summed E-state index contributed by atoms with van der Waals surface area (Å²) in [7, 11) is 0. The predicted octanol–water partition coefficient (Wildman–Crippen LogP) is 1.79. The molecule has 0 radical (unpaired) electrons. The molecule has 0 atom stereocenters. The second-order valence-corrected chi connectivity index (χ2v) is 2.46. The number of nitrogens with zero attached hydrogens (tertiary/aromatic N) is 1. The van der Waals surface area contributed by atoms with Crippen LogP contribution in [0.1, 0.15) is 12.8 Å². The highest BCUT2D eigenvalue weighted by atomic mass is 35.5. The minimum atomic E-state index is 0.904. The Morgan fingerprint density at radius 1 is 1.38 bits per heavy atom. The first-order chi connectivity index (χ1) is 3.89. The molecule has 0 aromatic carbocycles. The molecule has 0 saturated carbocycles. The van der Waals surface area contributed by atoms with Crippen LogP contribution in [0.5, 0.6) is 0 Å². The fourth-order valence-electron chi connectivity index (χ4n) is 0.779. The zero-order chi connectivity index (χ0) is 5.82. The fourth-order valence-corrected chi connectivity index (χ4v) is 0.978. The summed E-state index contributed by atoms with van der Waals surface area (Å²) < 4.78 is 1.81. The van der Waals surface area contributed by atoms with Crippen molar-refractivity contribution in [3.8, 4) is 0 Å². The van der Waals surface area contributed by atoms with Gasteiger partial charge < -0.3 is 0 Å². The monoisotopic (exact) mass is 131 g/mol. The SMILES string of the molecule is ClN1CC=CCCC1. The molecule has 0 aromatic rings. The molecule has 1 aliphatic rings. The van der Waals surface area contributed by atoms with Crippen molar-refractivity contribution in [1.82, 2.24) is 4.42 Å². The maximum atomic E-state index is 5.70. The summed E-state index contributed by atoms with van der Waals surface area (Å²) in [5, 5.41) is 0. The lowest BCUT2D eigenvalue weighted by Gasteiger charge is -2.05.